The molecule has 0 spiro atoms. The summed E-state index contributed by atoms with van der Waals surface area (Å²) in [5.41, 5.74) is 6.48. The molecule has 1 aromatic carbocycles. The third kappa shape index (κ3) is 1.84. The first-order valence-corrected chi connectivity index (χ1v) is 7.21. The van der Waals surface area contributed by atoms with E-state index in [9.17, 15) is 8.42 Å². The lowest BCUT2D eigenvalue weighted by molar-refractivity contribution is 0.597. The van der Waals surface area contributed by atoms with Gasteiger partial charge in [-0.15, -0.1) is 0 Å². The van der Waals surface area contributed by atoms with Crippen LogP contribution in [-0.4, -0.2) is 25.5 Å². The van der Waals surface area contributed by atoms with Gasteiger partial charge in [-0.05, 0) is 12.5 Å². The van der Waals surface area contributed by atoms with Gasteiger partial charge in [-0.25, -0.2) is 8.42 Å². The Bertz CT molecular complexity index is 586. The van der Waals surface area contributed by atoms with E-state index in [1.165, 1.54) is 0 Å². The molecule has 1 aliphatic rings. The fourth-order valence-electron chi connectivity index (χ4n) is 2.33. The second-order valence-corrected chi connectivity index (χ2v) is 6.85. The molecular formula is C12H14N2O2S. The maximum atomic E-state index is 11.6. The fraction of sp³-hybridized carbons (Fsp3) is 0.417. The standard InChI is InChI=1S/C12H14N2O2S/c1-8-3-5-9(6-4-8)10-11(17(2,15)16)12(10,14)7-13/h3-6,10-11H,14H2,1-2H3. The van der Waals surface area contributed by atoms with Crippen LogP contribution >= 0.6 is 0 Å². The summed E-state index contributed by atoms with van der Waals surface area (Å²) in [5, 5.41) is 8.26. The van der Waals surface area contributed by atoms with E-state index in [0.29, 0.717) is 0 Å². The number of nitrogens with two attached hydrogens (primary N) is 1. The van der Waals surface area contributed by atoms with Gasteiger partial charge in [0, 0.05) is 12.2 Å². The smallest absolute Gasteiger partial charge is 0.153 e. The van der Waals surface area contributed by atoms with E-state index in [1.807, 2.05) is 37.3 Å². The molecule has 2 N–H and O–H groups in total. The van der Waals surface area contributed by atoms with Crippen LogP contribution in [0, 0.1) is 18.3 Å². The van der Waals surface area contributed by atoms with Crippen molar-refractivity contribution in [1.29, 1.82) is 5.26 Å². The molecular weight excluding hydrogens is 236 g/mol. The highest BCUT2D eigenvalue weighted by atomic mass is 32.2. The summed E-state index contributed by atoms with van der Waals surface area (Å²) in [5.74, 6) is -0.414. The first-order valence-electron chi connectivity index (χ1n) is 5.26. The molecule has 1 fully saturated rings. The number of hydrogen-bond acceptors (Lipinski definition) is 4. The number of nitrogens with zero attached hydrogens (tertiary/aromatic N) is 1. The highest BCUT2D eigenvalue weighted by molar-refractivity contribution is 7.91. The zero-order chi connectivity index (χ0) is 12.8. The van der Waals surface area contributed by atoms with Crippen molar-refractivity contribution >= 4 is 9.84 Å². The molecule has 0 amide bonds. The van der Waals surface area contributed by atoms with Crippen LogP contribution in [0.4, 0.5) is 0 Å². The minimum absolute atomic E-state index is 0.414. The third-order valence-corrected chi connectivity index (χ3v) is 4.86. The van der Waals surface area contributed by atoms with Crippen LogP contribution < -0.4 is 5.73 Å². The molecule has 17 heavy (non-hydrogen) atoms. The van der Waals surface area contributed by atoms with E-state index < -0.39 is 26.5 Å². The average molecular weight is 250 g/mol. The van der Waals surface area contributed by atoms with E-state index in [4.69, 9.17) is 11.0 Å². The van der Waals surface area contributed by atoms with Gasteiger partial charge in [-0.1, -0.05) is 29.8 Å². The lowest BCUT2D eigenvalue weighted by Gasteiger charge is -2.01. The SMILES string of the molecule is Cc1ccc(C2C(S(C)(=O)=O)C2(N)C#N)cc1. The number of sulfone groups is 1. The molecule has 90 valence electrons. The normalized spacial score (nSPS) is 31.9. The van der Waals surface area contributed by atoms with Gasteiger partial charge in [0.15, 0.2) is 9.84 Å². The number of aryl methyl sites for hydroxylation is 1. The summed E-state index contributed by atoms with van der Waals surface area (Å²) in [6.07, 6.45) is 1.13. The molecule has 0 aliphatic heterocycles. The third-order valence-electron chi connectivity index (χ3n) is 3.27. The Morgan fingerprint density at radius 2 is 1.88 bits per heavy atom. The zero-order valence-corrected chi connectivity index (χ0v) is 10.5. The Morgan fingerprint density at radius 3 is 2.24 bits per heavy atom. The van der Waals surface area contributed by atoms with Gasteiger partial charge in [-0.2, -0.15) is 5.26 Å². The Balaban J connectivity index is 2.42. The molecule has 0 aromatic heterocycles. The highest BCUT2D eigenvalue weighted by Crippen LogP contribution is 2.53. The number of benzene rings is 1. The van der Waals surface area contributed by atoms with Crippen molar-refractivity contribution in [2.75, 3.05) is 6.26 Å². The van der Waals surface area contributed by atoms with Crippen LogP contribution in [-0.2, 0) is 9.84 Å². The number of rotatable bonds is 2. The summed E-state index contributed by atoms with van der Waals surface area (Å²) in [6, 6.07) is 9.40. The van der Waals surface area contributed by atoms with Gasteiger partial charge < -0.3 is 5.73 Å². The van der Waals surface area contributed by atoms with Crippen molar-refractivity contribution in [3.8, 4) is 6.07 Å². The summed E-state index contributed by atoms with van der Waals surface area (Å²) in [7, 11) is -3.30. The van der Waals surface area contributed by atoms with E-state index in [-0.39, 0.29) is 0 Å². The van der Waals surface area contributed by atoms with Gasteiger partial charge in [0.05, 0.1) is 6.07 Å². The van der Waals surface area contributed by atoms with E-state index in [2.05, 4.69) is 0 Å². The zero-order valence-electron chi connectivity index (χ0n) is 9.71. The monoisotopic (exact) mass is 250 g/mol. The summed E-state index contributed by atoms with van der Waals surface area (Å²) >= 11 is 0. The Morgan fingerprint density at radius 1 is 1.35 bits per heavy atom. The average Bonchev–Trinajstić information content (AvgIpc) is 2.87. The van der Waals surface area contributed by atoms with Gasteiger partial charge >= 0.3 is 0 Å². The molecule has 1 saturated carbocycles. The Labute approximate surface area is 101 Å². The molecule has 1 aromatic rings. The van der Waals surface area contributed by atoms with Crippen LogP contribution in [0.2, 0.25) is 0 Å². The first kappa shape index (κ1) is 12.1. The minimum Gasteiger partial charge on any atom is -0.312 e. The quantitative estimate of drug-likeness (QED) is 0.838. The molecule has 0 radical (unpaired) electrons. The Hall–Kier alpha value is -1.38. The fourth-order valence-corrected chi connectivity index (χ4v) is 4.04. The van der Waals surface area contributed by atoms with E-state index in [0.717, 1.165) is 17.4 Å². The topological polar surface area (TPSA) is 83.9 Å². The van der Waals surface area contributed by atoms with Crippen molar-refractivity contribution in [2.24, 2.45) is 5.73 Å². The van der Waals surface area contributed by atoms with E-state index in [1.54, 1.807) is 0 Å². The summed E-state index contributed by atoms with van der Waals surface area (Å²) in [4.78, 5) is 0. The number of hydrogen-bond donors (Lipinski definition) is 1. The molecule has 3 atom stereocenters. The molecule has 5 heteroatoms. The Kier molecular flexibility index (Phi) is 2.53. The lowest BCUT2D eigenvalue weighted by Crippen LogP contribution is -2.28. The molecule has 1 aliphatic carbocycles. The first-order chi connectivity index (χ1) is 7.80. The van der Waals surface area contributed by atoms with Crippen molar-refractivity contribution in [3.63, 3.8) is 0 Å². The van der Waals surface area contributed by atoms with Crippen LogP contribution in [0.25, 0.3) is 0 Å². The number of nitriles is 1. The van der Waals surface area contributed by atoms with E-state index >= 15 is 0 Å². The highest BCUT2D eigenvalue weighted by Gasteiger charge is 2.69. The van der Waals surface area contributed by atoms with Gasteiger partial charge in [-0.3, -0.25) is 0 Å². The maximum Gasteiger partial charge on any atom is 0.153 e. The van der Waals surface area contributed by atoms with Gasteiger partial charge in [0.25, 0.3) is 0 Å². The predicted octanol–water partition coefficient (Wildman–Crippen LogP) is 0.726. The second kappa shape index (κ2) is 3.56. The lowest BCUT2D eigenvalue weighted by atomic mass is 10.1. The maximum absolute atomic E-state index is 11.6. The van der Waals surface area contributed by atoms with Crippen molar-refractivity contribution in [2.45, 2.75) is 23.6 Å². The van der Waals surface area contributed by atoms with Crippen LogP contribution in [0.1, 0.15) is 17.0 Å². The largest absolute Gasteiger partial charge is 0.312 e. The molecule has 0 bridgehead atoms. The van der Waals surface area contributed by atoms with Crippen molar-refractivity contribution < 1.29 is 8.42 Å². The van der Waals surface area contributed by atoms with Crippen molar-refractivity contribution in [1.82, 2.24) is 0 Å². The molecule has 4 nitrogen and oxygen atoms in total. The summed E-state index contributed by atoms with van der Waals surface area (Å²) in [6.45, 7) is 1.95. The molecule has 3 unspecified atom stereocenters. The van der Waals surface area contributed by atoms with Gasteiger partial charge in [0.1, 0.15) is 10.8 Å². The molecule has 0 saturated heterocycles. The summed E-state index contributed by atoms with van der Waals surface area (Å²) < 4.78 is 23.2. The predicted molar refractivity (Wildman–Crippen MR) is 65.1 cm³/mol. The molecule has 2 rings (SSSR count). The molecule has 0 heterocycles. The van der Waals surface area contributed by atoms with Crippen molar-refractivity contribution in [3.05, 3.63) is 35.4 Å². The minimum atomic E-state index is -3.30. The van der Waals surface area contributed by atoms with Crippen LogP contribution in [0.5, 0.6) is 0 Å². The van der Waals surface area contributed by atoms with Crippen LogP contribution in [0.3, 0.4) is 0 Å². The van der Waals surface area contributed by atoms with Crippen LogP contribution in [0.15, 0.2) is 24.3 Å². The second-order valence-electron chi connectivity index (χ2n) is 4.68. The van der Waals surface area contributed by atoms with Gasteiger partial charge in [0.2, 0.25) is 0 Å².